The summed E-state index contributed by atoms with van der Waals surface area (Å²) in [4.78, 5) is 10.7. The third kappa shape index (κ3) is 2.04. The lowest BCUT2D eigenvalue weighted by atomic mass is 10.2. The molecule has 0 aliphatic carbocycles. The lowest BCUT2D eigenvalue weighted by Gasteiger charge is -2.10. The molecule has 24 heavy (non-hydrogen) atoms. The molecule has 5 aromatic rings. The molecule has 0 saturated heterocycles. The molecule has 114 valence electrons. The van der Waals surface area contributed by atoms with E-state index in [9.17, 15) is 0 Å². The van der Waals surface area contributed by atoms with Crippen molar-refractivity contribution >= 4 is 33.1 Å². The molecule has 5 rings (SSSR count). The third-order valence-corrected chi connectivity index (χ3v) is 5.02. The maximum atomic E-state index is 4.90. The number of benzene rings is 2. The van der Waals surface area contributed by atoms with Crippen molar-refractivity contribution in [3.05, 3.63) is 78.3 Å². The highest BCUT2D eigenvalue weighted by Gasteiger charge is 2.13. The number of hydrogen-bond acceptors (Lipinski definition) is 3. The van der Waals surface area contributed by atoms with Gasteiger partial charge < -0.3 is 4.57 Å². The Morgan fingerprint density at radius 1 is 0.792 bits per heavy atom. The average Bonchev–Trinajstić information content (AvgIpc) is 3.31. The van der Waals surface area contributed by atoms with Gasteiger partial charge in [0.25, 0.3) is 0 Å². The highest BCUT2D eigenvalue weighted by Crippen LogP contribution is 2.29. The predicted molar refractivity (Wildman–Crippen MR) is 99.7 cm³/mol. The van der Waals surface area contributed by atoms with E-state index < -0.39 is 0 Å². The van der Waals surface area contributed by atoms with Crippen LogP contribution in [0.5, 0.6) is 0 Å². The van der Waals surface area contributed by atoms with Crippen LogP contribution in [0.2, 0.25) is 0 Å². The molecule has 3 nitrogen and oxygen atoms in total. The van der Waals surface area contributed by atoms with Gasteiger partial charge in [0, 0.05) is 11.6 Å². The number of thiophene rings is 1. The van der Waals surface area contributed by atoms with Crippen LogP contribution in [0.3, 0.4) is 0 Å². The Hall–Kier alpha value is -2.98. The van der Waals surface area contributed by atoms with Gasteiger partial charge in [0.2, 0.25) is 0 Å². The van der Waals surface area contributed by atoms with Crippen LogP contribution < -0.4 is 0 Å². The van der Waals surface area contributed by atoms with Gasteiger partial charge in [0.15, 0.2) is 5.82 Å². The van der Waals surface area contributed by atoms with Crippen molar-refractivity contribution in [1.82, 2.24) is 14.5 Å². The molecule has 0 spiro atoms. The van der Waals surface area contributed by atoms with Crippen molar-refractivity contribution < 1.29 is 0 Å². The van der Waals surface area contributed by atoms with Crippen molar-refractivity contribution in [1.29, 1.82) is 0 Å². The minimum absolute atomic E-state index is 0.775. The molecule has 4 heteroatoms. The Bertz CT molecular complexity index is 1160. The molecule has 3 aromatic heterocycles. The molecule has 0 atom stereocenters. The quantitative estimate of drug-likeness (QED) is 0.440. The monoisotopic (exact) mass is 327 g/mol. The van der Waals surface area contributed by atoms with Crippen molar-refractivity contribution in [3.63, 3.8) is 0 Å². The predicted octanol–water partition coefficient (Wildman–Crippen LogP) is 5.30. The molecule has 0 aliphatic heterocycles. The van der Waals surface area contributed by atoms with E-state index in [2.05, 4.69) is 58.6 Å². The lowest BCUT2D eigenvalue weighted by Crippen LogP contribution is -2.00. The highest BCUT2D eigenvalue weighted by atomic mass is 32.1. The van der Waals surface area contributed by atoms with Gasteiger partial charge in [-0.15, -0.1) is 11.3 Å². The molecule has 0 unspecified atom stereocenters. The molecular weight excluding hydrogens is 314 g/mol. The number of hydrogen-bond donors (Lipinski definition) is 0. The van der Waals surface area contributed by atoms with Crippen molar-refractivity contribution in [3.8, 4) is 16.5 Å². The normalized spacial score (nSPS) is 11.3. The fraction of sp³-hybridized carbons (Fsp3) is 0. The molecule has 0 bridgehead atoms. The second-order valence-electron chi connectivity index (χ2n) is 5.61. The maximum absolute atomic E-state index is 4.90. The summed E-state index contributed by atoms with van der Waals surface area (Å²) in [6.45, 7) is 0. The van der Waals surface area contributed by atoms with Gasteiger partial charge in [-0.2, -0.15) is 0 Å². The number of fused-ring (bicyclic) bond motifs is 2. The van der Waals surface area contributed by atoms with E-state index in [0.29, 0.717) is 0 Å². The molecule has 3 heterocycles. The van der Waals surface area contributed by atoms with Crippen LogP contribution in [-0.2, 0) is 0 Å². The van der Waals surface area contributed by atoms with Gasteiger partial charge in [-0.1, -0.05) is 36.4 Å². The van der Waals surface area contributed by atoms with E-state index in [4.69, 9.17) is 9.97 Å². The van der Waals surface area contributed by atoms with E-state index in [1.54, 1.807) is 11.3 Å². The summed E-state index contributed by atoms with van der Waals surface area (Å²) in [5.41, 5.74) is 2.11. The fourth-order valence-corrected chi connectivity index (χ4v) is 3.68. The topological polar surface area (TPSA) is 30.7 Å². The van der Waals surface area contributed by atoms with Gasteiger partial charge in [0.1, 0.15) is 5.82 Å². The summed E-state index contributed by atoms with van der Waals surface area (Å²) in [7, 11) is 0. The zero-order valence-electron chi connectivity index (χ0n) is 12.8. The van der Waals surface area contributed by atoms with Gasteiger partial charge in [0.05, 0.1) is 15.9 Å². The Kier molecular flexibility index (Phi) is 2.96. The summed E-state index contributed by atoms with van der Waals surface area (Å²) in [6, 6.07) is 22.8. The Morgan fingerprint density at radius 2 is 1.67 bits per heavy atom. The first-order valence-electron chi connectivity index (χ1n) is 7.77. The van der Waals surface area contributed by atoms with Gasteiger partial charge >= 0.3 is 0 Å². The van der Waals surface area contributed by atoms with E-state index in [1.807, 2.05) is 24.3 Å². The SMILES string of the molecule is c1csc(-c2nc(-n3ccc4ccccc43)c3ccccc3n2)c1. The first-order chi connectivity index (χ1) is 11.9. The molecule has 2 aromatic carbocycles. The maximum Gasteiger partial charge on any atom is 0.172 e. The van der Waals surface area contributed by atoms with Crippen molar-refractivity contribution in [2.24, 2.45) is 0 Å². The van der Waals surface area contributed by atoms with Crippen molar-refractivity contribution in [2.75, 3.05) is 0 Å². The van der Waals surface area contributed by atoms with Crippen LogP contribution >= 0.6 is 11.3 Å². The van der Waals surface area contributed by atoms with E-state index >= 15 is 0 Å². The Labute approximate surface area is 142 Å². The van der Waals surface area contributed by atoms with Crippen LogP contribution in [0.4, 0.5) is 0 Å². The van der Waals surface area contributed by atoms with Crippen LogP contribution in [0.1, 0.15) is 0 Å². The first-order valence-corrected chi connectivity index (χ1v) is 8.65. The largest absolute Gasteiger partial charge is 0.301 e. The molecule has 0 saturated carbocycles. The lowest BCUT2D eigenvalue weighted by molar-refractivity contribution is 1.05. The number of aromatic nitrogens is 3. The molecular formula is C20H13N3S. The highest BCUT2D eigenvalue weighted by molar-refractivity contribution is 7.13. The Morgan fingerprint density at radius 3 is 2.58 bits per heavy atom. The smallest absolute Gasteiger partial charge is 0.172 e. The minimum Gasteiger partial charge on any atom is -0.301 e. The van der Waals surface area contributed by atoms with E-state index in [0.717, 1.165) is 32.9 Å². The number of para-hydroxylation sites is 2. The summed E-state index contributed by atoms with van der Waals surface area (Å²) in [5, 5.41) is 4.32. The number of rotatable bonds is 2. The second-order valence-corrected chi connectivity index (χ2v) is 6.56. The first kappa shape index (κ1) is 13.5. The van der Waals surface area contributed by atoms with Gasteiger partial charge in [-0.05, 0) is 41.1 Å². The van der Waals surface area contributed by atoms with Crippen molar-refractivity contribution in [2.45, 2.75) is 0 Å². The fourth-order valence-electron chi connectivity index (χ4n) is 3.03. The minimum atomic E-state index is 0.775. The summed E-state index contributed by atoms with van der Waals surface area (Å²) < 4.78 is 2.15. The molecule has 0 fully saturated rings. The zero-order valence-corrected chi connectivity index (χ0v) is 13.6. The Balaban J connectivity index is 1.87. The van der Waals surface area contributed by atoms with Gasteiger partial charge in [-0.3, -0.25) is 0 Å². The van der Waals surface area contributed by atoms with Crippen LogP contribution in [0, 0.1) is 0 Å². The zero-order chi connectivity index (χ0) is 15.9. The van der Waals surface area contributed by atoms with Crippen LogP contribution in [-0.4, -0.2) is 14.5 Å². The van der Waals surface area contributed by atoms with Gasteiger partial charge in [-0.25, -0.2) is 9.97 Å². The standard InChI is InChI=1S/C20H13N3S/c1-4-9-17-14(6-1)11-12-23(17)20-15-7-2-3-8-16(15)21-19(22-20)18-10-5-13-24-18/h1-13H. The molecule has 0 N–H and O–H groups in total. The summed E-state index contributed by atoms with van der Waals surface area (Å²) in [6.07, 6.45) is 2.08. The third-order valence-electron chi connectivity index (χ3n) is 4.15. The molecule has 0 amide bonds. The summed E-state index contributed by atoms with van der Waals surface area (Å²) >= 11 is 1.66. The average molecular weight is 327 g/mol. The second kappa shape index (κ2) is 5.28. The molecule has 0 aliphatic rings. The van der Waals surface area contributed by atoms with E-state index in [1.165, 1.54) is 5.39 Å². The number of nitrogens with zero attached hydrogens (tertiary/aromatic N) is 3. The van der Waals surface area contributed by atoms with Crippen LogP contribution in [0.15, 0.2) is 78.3 Å². The van der Waals surface area contributed by atoms with E-state index in [-0.39, 0.29) is 0 Å². The summed E-state index contributed by atoms with van der Waals surface area (Å²) in [5.74, 6) is 1.70. The molecule has 0 radical (unpaired) electrons. The van der Waals surface area contributed by atoms with Crippen LogP contribution in [0.25, 0.3) is 38.3 Å².